The van der Waals surface area contributed by atoms with Gasteiger partial charge in [0.15, 0.2) is 0 Å². The van der Waals surface area contributed by atoms with E-state index in [2.05, 4.69) is 9.88 Å². The Morgan fingerprint density at radius 3 is 2.24 bits per heavy atom. The lowest BCUT2D eigenvalue weighted by atomic mass is 10.0. The average molecular weight is 462 g/mol. The van der Waals surface area contributed by atoms with E-state index in [4.69, 9.17) is 9.72 Å². The largest absolute Gasteiger partial charge is 0.497 e. The number of non-ortho nitro benzene ring substituents is 1. The first-order valence-corrected chi connectivity index (χ1v) is 11.1. The van der Waals surface area contributed by atoms with E-state index in [1.54, 1.807) is 12.0 Å². The van der Waals surface area contributed by atoms with Gasteiger partial charge in [-0.25, -0.2) is 9.97 Å². The smallest absolute Gasteiger partial charge is 0.269 e. The van der Waals surface area contributed by atoms with Gasteiger partial charge in [-0.3, -0.25) is 14.9 Å². The van der Waals surface area contributed by atoms with Crippen LogP contribution in [0, 0.1) is 24.0 Å². The molecule has 0 N–H and O–H groups in total. The van der Waals surface area contributed by atoms with Gasteiger partial charge in [0.05, 0.1) is 12.0 Å². The molecule has 1 aliphatic heterocycles. The first kappa shape index (κ1) is 23.2. The van der Waals surface area contributed by atoms with Crippen molar-refractivity contribution in [1.82, 2.24) is 14.9 Å². The van der Waals surface area contributed by atoms with Crippen LogP contribution in [-0.4, -0.2) is 59.0 Å². The topological polar surface area (TPSA) is 102 Å². The van der Waals surface area contributed by atoms with Crippen molar-refractivity contribution in [2.45, 2.75) is 20.3 Å². The van der Waals surface area contributed by atoms with Crippen molar-refractivity contribution in [3.05, 3.63) is 86.9 Å². The quantitative estimate of drug-likeness (QED) is 0.408. The molecule has 1 aliphatic rings. The van der Waals surface area contributed by atoms with Gasteiger partial charge >= 0.3 is 0 Å². The van der Waals surface area contributed by atoms with Crippen LogP contribution < -0.4 is 9.64 Å². The summed E-state index contributed by atoms with van der Waals surface area (Å²) in [6.45, 7) is 6.27. The van der Waals surface area contributed by atoms with Crippen LogP contribution in [0.3, 0.4) is 0 Å². The highest BCUT2D eigenvalue weighted by Crippen LogP contribution is 2.26. The Morgan fingerprint density at radius 1 is 1.00 bits per heavy atom. The predicted octanol–water partition coefficient (Wildman–Crippen LogP) is 3.56. The van der Waals surface area contributed by atoms with Crippen molar-refractivity contribution in [3.8, 4) is 5.75 Å². The minimum absolute atomic E-state index is 0.0275. The van der Waals surface area contributed by atoms with Crippen LogP contribution in [0.15, 0.2) is 48.5 Å². The fourth-order valence-corrected chi connectivity index (χ4v) is 4.16. The molecule has 34 heavy (non-hydrogen) atoms. The SMILES string of the molecule is COc1ccc(Cc2c(C)nc(C)nc2N2CCN(C(=O)c3ccc([N+](=O)[O-])cc3)CC2)cc1. The monoisotopic (exact) mass is 461 g/mol. The second-order valence-corrected chi connectivity index (χ2v) is 8.27. The van der Waals surface area contributed by atoms with Crippen molar-refractivity contribution < 1.29 is 14.5 Å². The number of ether oxygens (including phenoxy) is 1. The lowest BCUT2D eigenvalue weighted by molar-refractivity contribution is -0.384. The molecule has 0 saturated carbocycles. The van der Waals surface area contributed by atoms with Gasteiger partial charge in [0, 0.05) is 61.6 Å². The highest BCUT2D eigenvalue weighted by Gasteiger charge is 2.25. The molecule has 176 valence electrons. The van der Waals surface area contributed by atoms with Crippen LogP contribution in [0.25, 0.3) is 0 Å². The van der Waals surface area contributed by atoms with Gasteiger partial charge in [0.1, 0.15) is 17.4 Å². The number of hydrogen-bond acceptors (Lipinski definition) is 7. The third-order valence-electron chi connectivity index (χ3n) is 6.04. The Hall–Kier alpha value is -4.01. The average Bonchev–Trinajstić information content (AvgIpc) is 2.85. The number of methoxy groups -OCH3 is 1. The summed E-state index contributed by atoms with van der Waals surface area (Å²) < 4.78 is 5.26. The number of benzene rings is 2. The molecular weight excluding hydrogens is 434 g/mol. The standard InChI is InChI=1S/C25H27N5O4/c1-17-23(16-19-4-10-22(34-3)11-5-19)24(27-18(2)26-17)28-12-14-29(15-13-28)25(31)20-6-8-21(9-7-20)30(32)33/h4-11H,12-16H2,1-3H3. The molecule has 1 aromatic heterocycles. The van der Waals surface area contributed by atoms with Gasteiger partial charge in [0.2, 0.25) is 0 Å². The molecule has 1 saturated heterocycles. The van der Waals surface area contributed by atoms with Crippen molar-refractivity contribution in [2.24, 2.45) is 0 Å². The number of hydrogen-bond donors (Lipinski definition) is 0. The fourth-order valence-electron chi connectivity index (χ4n) is 4.16. The number of piperazine rings is 1. The molecule has 9 heteroatoms. The molecule has 1 amide bonds. The normalized spacial score (nSPS) is 13.6. The summed E-state index contributed by atoms with van der Waals surface area (Å²) in [5.41, 5.74) is 3.59. The maximum atomic E-state index is 12.9. The predicted molar refractivity (Wildman–Crippen MR) is 129 cm³/mol. The number of nitrogens with zero attached hydrogens (tertiary/aromatic N) is 5. The van der Waals surface area contributed by atoms with E-state index in [-0.39, 0.29) is 11.6 Å². The number of aryl methyl sites for hydroxylation is 2. The molecule has 9 nitrogen and oxygen atoms in total. The van der Waals surface area contributed by atoms with Gasteiger partial charge in [-0.1, -0.05) is 12.1 Å². The van der Waals surface area contributed by atoms with E-state index in [1.165, 1.54) is 24.3 Å². The third-order valence-corrected chi connectivity index (χ3v) is 6.04. The van der Waals surface area contributed by atoms with Crippen LogP contribution in [0.5, 0.6) is 5.75 Å². The molecular formula is C25H27N5O4. The second kappa shape index (κ2) is 9.86. The van der Waals surface area contributed by atoms with Gasteiger partial charge in [-0.2, -0.15) is 0 Å². The van der Waals surface area contributed by atoms with Crippen LogP contribution in [-0.2, 0) is 6.42 Å². The summed E-state index contributed by atoms with van der Waals surface area (Å²) >= 11 is 0. The fraction of sp³-hybridized carbons (Fsp3) is 0.320. The zero-order chi connectivity index (χ0) is 24.2. The third kappa shape index (κ3) is 4.98. The summed E-state index contributed by atoms with van der Waals surface area (Å²) in [7, 11) is 1.65. The second-order valence-electron chi connectivity index (χ2n) is 8.27. The van der Waals surface area contributed by atoms with Crippen LogP contribution in [0.1, 0.15) is 33.0 Å². The van der Waals surface area contributed by atoms with E-state index in [0.29, 0.717) is 38.2 Å². The van der Waals surface area contributed by atoms with E-state index >= 15 is 0 Å². The zero-order valence-corrected chi connectivity index (χ0v) is 19.5. The summed E-state index contributed by atoms with van der Waals surface area (Å²) in [4.78, 5) is 36.6. The van der Waals surface area contributed by atoms with Gasteiger partial charge < -0.3 is 14.5 Å². The molecule has 0 atom stereocenters. The first-order valence-electron chi connectivity index (χ1n) is 11.1. The van der Waals surface area contributed by atoms with Crippen LogP contribution >= 0.6 is 0 Å². The van der Waals surface area contributed by atoms with Gasteiger partial charge in [-0.05, 0) is 43.7 Å². The van der Waals surface area contributed by atoms with E-state index in [0.717, 1.165) is 34.2 Å². The number of nitro groups is 1. The Balaban J connectivity index is 1.49. The summed E-state index contributed by atoms with van der Waals surface area (Å²) in [5, 5.41) is 10.9. The van der Waals surface area contributed by atoms with Crippen molar-refractivity contribution in [1.29, 1.82) is 0 Å². The zero-order valence-electron chi connectivity index (χ0n) is 19.5. The molecule has 2 aromatic carbocycles. The number of nitro benzene ring substituents is 1. The maximum Gasteiger partial charge on any atom is 0.269 e. The number of rotatable bonds is 6. The molecule has 0 bridgehead atoms. The summed E-state index contributed by atoms with van der Waals surface area (Å²) in [6.07, 6.45) is 0.702. The van der Waals surface area contributed by atoms with E-state index in [1.807, 2.05) is 38.1 Å². The van der Waals surface area contributed by atoms with E-state index < -0.39 is 4.92 Å². The minimum Gasteiger partial charge on any atom is -0.497 e. The Labute approximate surface area is 198 Å². The number of carbonyl (C=O) groups is 1. The molecule has 3 aromatic rings. The molecule has 0 aliphatic carbocycles. The number of aromatic nitrogens is 2. The maximum absolute atomic E-state index is 12.9. The molecule has 1 fully saturated rings. The number of amides is 1. The van der Waals surface area contributed by atoms with Gasteiger partial charge in [0.25, 0.3) is 11.6 Å². The Kier molecular flexibility index (Phi) is 6.72. The minimum atomic E-state index is -0.470. The van der Waals surface area contributed by atoms with Crippen LogP contribution in [0.4, 0.5) is 11.5 Å². The first-order chi connectivity index (χ1) is 16.4. The molecule has 4 rings (SSSR count). The van der Waals surface area contributed by atoms with Gasteiger partial charge in [-0.15, -0.1) is 0 Å². The lowest BCUT2D eigenvalue weighted by Crippen LogP contribution is -2.49. The van der Waals surface area contributed by atoms with Crippen molar-refractivity contribution in [3.63, 3.8) is 0 Å². The lowest BCUT2D eigenvalue weighted by Gasteiger charge is -2.36. The molecule has 0 radical (unpaired) electrons. The highest BCUT2D eigenvalue weighted by atomic mass is 16.6. The van der Waals surface area contributed by atoms with Crippen molar-refractivity contribution in [2.75, 3.05) is 38.2 Å². The molecule has 0 spiro atoms. The Morgan fingerprint density at radius 2 is 1.65 bits per heavy atom. The van der Waals surface area contributed by atoms with Crippen LogP contribution in [0.2, 0.25) is 0 Å². The van der Waals surface area contributed by atoms with E-state index in [9.17, 15) is 14.9 Å². The molecule has 2 heterocycles. The number of carbonyl (C=O) groups excluding carboxylic acids is 1. The summed E-state index contributed by atoms with van der Waals surface area (Å²) in [5.74, 6) is 2.32. The summed E-state index contributed by atoms with van der Waals surface area (Å²) in [6, 6.07) is 13.7. The Bertz CT molecular complexity index is 1190. The highest BCUT2D eigenvalue weighted by molar-refractivity contribution is 5.94. The van der Waals surface area contributed by atoms with Crippen molar-refractivity contribution >= 4 is 17.4 Å². The molecule has 0 unspecified atom stereocenters. The number of anilines is 1.